The minimum absolute atomic E-state index is 0.0649. The van der Waals surface area contributed by atoms with Crippen LogP contribution in [0.3, 0.4) is 0 Å². The van der Waals surface area contributed by atoms with Crippen LogP contribution in [-0.2, 0) is 51.4 Å². The first-order chi connectivity index (χ1) is 19.8. The second kappa shape index (κ2) is 18.2. The number of esters is 4. The third kappa shape index (κ3) is 11.6. The third-order valence-electron chi connectivity index (χ3n) is 6.75. The SMILES string of the molecule is C=C(C)C(=O)OC(C)COC(=O)CC[N+]1(CCC(=O)OCC(C)OC(=O)C(=C)C)CCC1[Si](OCC)(OCC)OCC. The van der Waals surface area contributed by atoms with Gasteiger partial charge in [-0.05, 0) is 48.5 Å². The molecule has 3 atom stereocenters. The number of carbonyl (C=O) groups is 4. The molecule has 1 heterocycles. The fraction of sp³-hybridized carbons (Fsp3) is 0.724. The van der Waals surface area contributed by atoms with E-state index in [-0.39, 0.29) is 42.9 Å². The van der Waals surface area contributed by atoms with Crippen LogP contribution in [0.4, 0.5) is 0 Å². The number of quaternary nitrogens is 1. The Kier molecular flexibility index (Phi) is 16.2. The minimum Gasteiger partial charge on any atom is -0.462 e. The molecule has 12 nitrogen and oxygen atoms in total. The van der Waals surface area contributed by atoms with E-state index < -0.39 is 44.9 Å². The lowest BCUT2D eigenvalue weighted by Crippen LogP contribution is -2.78. The van der Waals surface area contributed by atoms with Gasteiger partial charge in [0.15, 0.2) is 5.67 Å². The smallest absolute Gasteiger partial charge is 0.462 e. The van der Waals surface area contributed by atoms with Gasteiger partial charge in [-0.25, -0.2) is 9.59 Å². The largest absolute Gasteiger partial charge is 0.562 e. The Hall–Kier alpha value is -2.58. The van der Waals surface area contributed by atoms with E-state index in [1.807, 2.05) is 20.8 Å². The molecule has 0 aromatic heterocycles. The first-order valence-electron chi connectivity index (χ1n) is 14.6. The number of hydrogen-bond donors (Lipinski definition) is 0. The summed E-state index contributed by atoms with van der Waals surface area (Å²) >= 11 is 0. The summed E-state index contributed by atoms with van der Waals surface area (Å²) in [5, 5.41) is 0. The number of ether oxygens (including phenoxy) is 4. The van der Waals surface area contributed by atoms with Crippen molar-refractivity contribution in [3.05, 3.63) is 24.3 Å². The second-order valence-electron chi connectivity index (χ2n) is 10.5. The van der Waals surface area contributed by atoms with Crippen LogP contribution in [0, 0.1) is 0 Å². The summed E-state index contributed by atoms with van der Waals surface area (Å²) in [5.41, 5.74) is 0.341. The van der Waals surface area contributed by atoms with E-state index >= 15 is 0 Å². The molecule has 42 heavy (non-hydrogen) atoms. The highest BCUT2D eigenvalue weighted by molar-refractivity contribution is 6.62. The van der Waals surface area contributed by atoms with Gasteiger partial charge in [0.05, 0.1) is 38.9 Å². The van der Waals surface area contributed by atoms with Crippen molar-refractivity contribution in [2.75, 3.05) is 52.7 Å². The summed E-state index contributed by atoms with van der Waals surface area (Å²) in [4.78, 5) is 48.9. The Balaban J connectivity index is 2.96. The summed E-state index contributed by atoms with van der Waals surface area (Å²) in [6.45, 7) is 21.5. The molecule has 0 saturated carbocycles. The van der Waals surface area contributed by atoms with Gasteiger partial charge in [0.1, 0.15) is 25.4 Å². The molecule has 1 fully saturated rings. The lowest BCUT2D eigenvalue weighted by Gasteiger charge is -2.56. The normalized spacial score (nSPS) is 19.5. The standard InChI is InChI=1S/C29H50NO11Si/c1-10-37-42(38-11-2,39-12-3)25-13-16-30(25,17-14-26(31)35-19-23(8)40-28(33)21(4)5)18-15-27(32)36-20-24(9)41-29(34)22(6)7/h23-25H,4,6,10-20H2,1-3,5,7-9H3/q+1. The molecule has 0 aromatic rings. The van der Waals surface area contributed by atoms with E-state index in [4.69, 9.17) is 32.2 Å². The van der Waals surface area contributed by atoms with E-state index in [2.05, 4.69) is 13.2 Å². The lowest BCUT2D eigenvalue weighted by atomic mass is 10.1. The van der Waals surface area contributed by atoms with Crippen LogP contribution in [0.2, 0.25) is 0 Å². The molecule has 0 bridgehead atoms. The van der Waals surface area contributed by atoms with Crippen molar-refractivity contribution in [3.8, 4) is 0 Å². The quantitative estimate of drug-likeness (QED) is 0.0620. The minimum atomic E-state index is -3.19. The Morgan fingerprint density at radius 3 is 1.43 bits per heavy atom. The Bertz CT molecular complexity index is 883. The zero-order valence-electron chi connectivity index (χ0n) is 26.4. The summed E-state index contributed by atoms with van der Waals surface area (Å²) in [6, 6.07) is 0. The van der Waals surface area contributed by atoms with E-state index in [0.717, 1.165) is 6.42 Å². The van der Waals surface area contributed by atoms with Crippen LogP contribution in [0.25, 0.3) is 0 Å². The molecule has 0 spiro atoms. The van der Waals surface area contributed by atoms with Crippen LogP contribution in [-0.4, -0.2) is 108 Å². The molecule has 0 amide bonds. The number of rotatable bonds is 21. The molecule has 1 rings (SSSR count). The highest BCUT2D eigenvalue weighted by atomic mass is 28.4. The van der Waals surface area contributed by atoms with Gasteiger partial charge in [-0.3, -0.25) is 9.59 Å². The molecular weight excluding hydrogens is 566 g/mol. The molecular formula is C29H50NO11Si+. The van der Waals surface area contributed by atoms with Crippen molar-refractivity contribution < 1.29 is 55.9 Å². The highest BCUT2D eigenvalue weighted by Crippen LogP contribution is 2.38. The van der Waals surface area contributed by atoms with E-state index in [0.29, 0.717) is 43.9 Å². The van der Waals surface area contributed by atoms with Crippen molar-refractivity contribution in [2.45, 2.75) is 85.6 Å². The molecule has 1 aliphatic heterocycles. The Morgan fingerprint density at radius 2 is 1.14 bits per heavy atom. The molecule has 3 unspecified atom stereocenters. The average Bonchev–Trinajstić information content (AvgIpc) is 2.90. The van der Waals surface area contributed by atoms with E-state index in [1.54, 1.807) is 27.7 Å². The van der Waals surface area contributed by atoms with Crippen LogP contribution in [0.5, 0.6) is 0 Å². The molecule has 0 aromatic carbocycles. The van der Waals surface area contributed by atoms with Crippen LogP contribution in [0.1, 0.15) is 67.7 Å². The fourth-order valence-electron chi connectivity index (χ4n) is 4.63. The molecule has 0 radical (unpaired) electrons. The summed E-state index contributed by atoms with van der Waals surface area (Å²) in [7, 11) is -3.19. The highest BCUT2D eigenvalue weighted by Gasteiger charge is 2.65. The second-order valence-corrected chi connectivity index (χ2v) is 13.2. The number of likely N-dealkylation sites (tertiary alicyclic amines) is 1. The maximum absolute atomic E-state index is 12.7. The zero-order valence-corrected chi connectivity index (χ0v) is 27.4. The number of carbonyl (C=O) groups excluding carboxylic acids is 4. The van der Waals surface area contributed by atoms with Crippen LogP contribution in [0.15, 0.2) is 24.3 Å². The zero-order chi connectivity index (χ0) is 31.9. The fourth-order valence-corrected chi connectivity index (χ4v) is 8.20. The van der Waals surface area contributed by atoms with Crippen molar-refractivity contribution >= 4 is 32.7 Å². The van der Waals surface area contributed by atoms with Crippen LogP contribution < -0.4 is 0 Å². The number of nitrogens with zero attached hydrogens (tertiary/aromatic N) is 1. The van der Waals surface area contributed by atoms with Gasteiger partial charge in [-0.1, -0.05) is 13.2 Å². The maximum Gasteiger partial charge on any atom is 0.562 e. The Morgan fingerprint density at radius 1 is 0.762 bits per heavy atom. The summed E-state index contributed by atoms with van der Waals surface area (Å²) in [5.74, 6) is -2.01. The Labute approximate surface area is 251 Å². The van der Waals surface area contributed by atoms with Crippen LogP contribution >= 0.6 is 0 Å². The van der Waals surface area contributed by atoms with Gasteiger partial charge < -0.3 is 36.7 Å². The summed E-state index contributed by atoms with van der Waals surface area (Å²) < 4.78 is 40.0. The first-order valence-corrected chi connectivity index (χ1v) is 16.4. The van der Waals surface area contributed by atoms with Gasteiger partial charge in [0, 0.05) is 31.0 Å². The predicted octanol–water partition coefficient (Wildman–Crippen LogP) is 3.05. The van der Waals surface area contributed by atoms with E-state index in [9.17, 15) is 19.2 Å². The van der Waals surface area contributed by atoms with Gasteiger partial charge in [0.25, 0.3) is 0 Å². The third-order valence-corrected chi connectivity index (χ3v) is 10.5. The van der Waals surface area contributed by atoms with Gasteiger partial charge in [-0.15, -0.1) is 0 Å². The molecule has 1 saturated heterocycles. The van der Waals surface area contributed by atoms with Crippen molar-refractivity contribution in [1.82, 2.24) is 0 Å². The molecule has 0 N–H and O–H groups in total. The molecule has 1 aliphatic rings. The lowest BCUT2D eigenvalue weighted by molar-refractivity contribution is -0.979. The van der Waals surface area contributed by atoms with Gasteiger partial charge in [-0.2, -0.15) is 0 Å². The van der Waals surface area contributed by atoms with Gasteiger partial charge in [0.2, 0.25) is 0 Å². The average molecular weight is 617 g/mol. The topological polar surface area (TPSA) is 133 Å². The maximum atomic E-state index is 12.7. The predicted molar refractivity (Wildman–Crippen MR) is 156 cm³/mol. The van der Waals surface area contributed by atoms with Gasteiger partial charge >= 0.3 is 32.7 Å². The monoisotopic (exact) mass is 616 g/mol. The number of hydrogen-bond acceptors (Lipinski definition) is 11. The van der Waals surface area contributed by atoms with Crippen molar-refractivity contribution in [3.63, 3.8) is 0 Å². The van der Waals surface area contributed by atoms with Crippen molar-refractivity contribution in [2.24, 2.45) is 0 Å². The van der Waals surface area contributed by atoms with E-state index in [1.165, 1.54) is 0 Å². The summed E-state index contributed by atoms with van der Waals surface area (Å²) in [6.07, 6.45) is -0.374. The van der Waals surface area contributed by atoms with Crippen molar-refractivity contribution in [1.29, 1.82) is 0 Å². The molecule has 13 heteroatoms. The molecule has 0 aliphatic carbocycles. The first kappa shape index (κ1) is 37.4. The molecule has 240 valence electrons.